The molecule has 88 valence electrons. The van der Waals surface area contributed by atoms with Crippen LogP contribution in [0.25, 0.3) is 0 Å². The van der Waals surface area contributed by atoms with E-state index in [0.717, 1.165) is 5.56 Å². The van der Waals surface area contributed by atoms with Gasteiger partial charge in [0.05, 0.1) is 0 Å². The Morgan fingerprint density at radius 3 is 2.38 bits per heavy atom. The van der Waals surface area contributed by atoms with Crippen molar-refractivity contribution in [3.8, 4) is 0 Å². The van der Waals surface area contributed by atoms with E-state index in [0.29, 0.717) is 0 Å². The second-order valence-corrected chi connectivity index (χ2v) is 5.40. The lowest BCUT2D eigenvalue weighted by atomic mass is 10.1. The molecule has 0 saturated carbocycles. The van der Waals surface area contributed by atoms with E-state index >= 15 is 0 Å². The fourth-order valence-corrected chi connectivity index (χ4v) is 2.34. The molecular weight excluding hydrogens is 228 g/mol. The first-order valence-electron chi connectivity index (χ1n) is 4.73. The third-order valence-corrected chi connectivity index (χ3v) is 3.96. The number of nitrogens with one attached hydrogen (secondary N) is 1. The highest BCUT2D eigenvalue weighted by molar-refractivity contribution is 7.90. The second kappa shape index (κ2) is 5.09. The van der Waals surface area contributed by atoms with Gasteiger partial charge in [-0.1, -0.05) is 30.3 Å². The number of amides is 1. The maximum Gasteiger partial charge on any atom is 0.237 e. The Morgan fingerprint density at radius 2 is 1.94 bits per heavy atom. The van der Waals surface area contributed by atoms with Crippen LogP contribution in [0.2, 0.25) is 0 Å². The fraction of sp³-hybridized carbons (Fsp3) is 0.300. The quantitative estimate of drug-likeness (QED) is 0.738. The monoisotopic (exact) mass is 242 g/mol. The van der Waals surface area contributed by atoms with E-state index in [1.807, 2.05) is 6.07 Å². The van der Waals surface area contributed by atoms with Gasteiger partial charge >= 0.3 is 0 Å². The number of nitrogens with two attached hydrogens (primary N) is 1. The summed E-state index contributed by atoms with van der Waals surface area (Å²) in [6.45, 7) is 0. The minimum absolute atomic E-state index is 0.0827. The van der Waals surface area contributed by atoms with E-state index in [2.05, 4.69) is 4.72 Å². The van der Waals surface area contributed by atoms with Crippen molar-refractivity contribution >= 4 is 15.9 Å². The molecule has 0 bridgehead atoms. The second-order valence-electron chi connectivity index (χ2n) is 3.33. The van der Waals surface area contributed by atoms with Gasteiger partial charge < -0.3 is 5.73 Å². The molecule has 0 saturated heterocycles. The van der Waals surface area contributed by atoms with Gasteiger partial charge in [-0.2, -0.15) is 0 Å². The number of hydrogen-bond donors (Lipinski definition) is 2. The van der Waals surface area contributed by atoms with Crippen LogP contribution >= 0.6 is 0 Å². The van der Waals surface area contributed by atoms with E-state index in [-0.39, 0.29) is 6.42 Å². The van der Waals surface area contributed by atoms with Crippen molar-refractivity contribution in [3.63, 3.8) is 0 Å². The summed E-state index contributed by atoms with van der Waals surface area (Å²) in [5.74, 6) is -0.849. The van der Waals surface area contributed by atoms with Crippen molar-refractivity contribution in [1.82, 2.24) is 4.72 Å². The largest absolute Gasteiger partial charge is 0.368 e. The van der Waals surface area contributed by atoms with Gasteiger partial charge in [-0.25, -0.2) is 13.1 Å². The van der Waals surface area contributed by atoms with Gasteiger partial charge in [0.2, 0.25) is 15.9 Å². The molecule has 0 aliphatic carbocycles. The fourth-order valence-electron chi connectivity index (χ4n) is 1.33. The Balaban J connectivity index is 2.95. The van der Waals surface area contributed by atoms with Crippen molar-refractivity contribution in [2.45, 2.75) is 11.7 Å². The molecule has 0 spiro atoms. The van der Waals surface area contributed by atoms with Crippen molar-refractivity contribution < 1.29 is 13.2 Å². The highest BCUT2D eigenvalue weighted by atomic mass is 32.2. The van der Waals surface area contributed by atoms with Crippen LogP contribution < -0.4 is 10.5 Å². The molecule has 1 atom stereocenters. The Hall–Kier alpha value is -1.40. The molecule has 1 amide bonds. The number of carbonyl (C=O) groups is 1. The Labute approximate surface area is 94.7 Å². The van der Waals surface area contributed by atoms with Crippen LogP contribution in [0.5, 0.6) is 0 Å². The molecule has 0 radical (unpaired) electrons. The first kappa shape index (κ1) is 12.7. The molecule has 0 aliphatic rings. The van der Waals surface area contributed by atoms with Gasteiger partial charge in [0, 0.05) is 0 Å². The van der Waals surface area contributed by atoms with E-state index in [9.17, 15) is 13.2 Å². The molecule has 6 heteroatoms. The molecule has 1 aromatic carbocycles. The van der Waals surface area contributed by atoms with Crippen molar-refractivity contribution in [1.29, 1.82) is 0 Å². The van der Waals surface area contributed by atoms with Gasteiger partial charge in [0.15, 0.2) is 5.25 Å². The summed E-state index contributed by atoms with van der Waals surface area (Å²) in [4.78, 5) is 11.1. The number of benzene rings is 1. The smallest absolute Gasteiger partial charge is 0.237 e. The number of primary amides is 1. The third-order valence-electron chi connectivity index (χ3n) is 2.24. The summed E-state index contributed by atoms with van der Waals surface area (Å²) in [5, 5.41) is -1.24. The summed E-state index contributed by atoms with van der Waals surface area (Å²) in [7, 11) is -2.42. The van der Waals surface area contributed by atoms with Crippen LogP contribution in [-0.2, 0) is 21.2 Å². The average Bonchev–Trinajstić information content (AvgIpc) is 2.26. The van der Waals surface area contributed by atoms with Crippen LogP contribution in [-0.4, -0.2) is 26.6 Å². The molecule has 1 aromatic rings. The molecule has 1 unspecified atom stereocenters. The summed E-state index contributed by atoms with van der Waals surface area (Å²) < 4.78 is 25.2. The first-order valence-corrected chi connectivity index (χ1v) is 6.27. The predicted molar refractivity (Wildman–Crippen MR) is 61.1 cm³/mol. The Morgan fingerprint density at radius 1 is 1.38 bits per heavy atom. The lowest BCUT2D eigenvalue weighted by Gasteiger charge is -2.13. The van der Waals surface area contributed by atoms with Crippen molar-refractivity contribution in [3.05, 3.63) is 35.9 Å². The highest BCUT2D eigenvalue weighted by Crippen LogP contribution is 2.08. The minimum atomic E-state index is -3.68. The topological polar surface area (TPSA) is 89.3 Å². The summed E-state index contributed by atoms with van der Waals surface area (Å²) in [5.41, 5.74) is 5.84. The van der Waals surface area contributed by atoms with Gasteiger partial charge in [-0.15, -0.1) is 0 Å². The SMILES string of the molecule is CNS(=O)(=O)C(Cc1ccccc1)C(N)=O. The molecule has 0 aliphatic heterocycles. The molecule has 3 N–H and O–H groups in total. The summed E-state index contributed by atoms with van der Waals surface area (Å²) in [6.07, 6.45) is 0.0827. The van der Waals surface area contributed by atoms with Crippen molar-refractivity contribution in [2.75, 3.05) is 7.05 Å². The molecule has 1 rings (SSSR count). The molecular formula is C10H14N2O3S. The van der Waals surface area contributed by atoms with Gasteiger partial charge in [0.1, 0.15) is 0 Å². The van der Waals surface area contributed by atoms with Crippen LogP contribution in [0.4, 0.5) is 0 Å². The van der Waals surface area contributed by atoms with E-state index in [1.165, 1.54) is 7.05 Å². The standard InChI is InChI=1S/C10H14N2O3S/c1-12-16(14,15)9(10(11)13)7-8-5-3-2-4-6-8/h2-6,9,12H,7H2,1H3,(H2,11,13). The van der Waals surface area contributed by atoms with Crippen LogP contribution in [0, 0.1) is 0 Å². The van der Waals surface area contributed by atoms with Crippen LogP contribution in [0.15, 0.2) is 30.3 Å². The van der Waals surface area contributed by atoms with Crippen molar-refractivity contribution in [2.24, 2.45) is 5.73 Å². The van der Waals surface area contributed by atoms with Crippen LogP contribution in [0.3, 0.4) is 0 Å². The molecule has 0 fully saturated rings. The maximum atomic E-state index is 11.5. The van der Waals surface area contributed by atoms with Crippen LogP contribution in [0.1, 0.15) is 5.56 Å². The predicted octanol–water partition coefficient (Wildman–Crippen LogP) is -0.368. The summed E-state index contributed by atoms with van der Waals surface area (Å²) >= 11 is 0. The number of carbonyl (C=O) groups excluding carboxylic acids is 1. The highest BCUT2D eigenvalue weighted by Gasteiger charge is 2.29. The normalized spacial score (nSPS) is 13.3. The maximum absolute atomic E-state index is 11.5. The zero-order valence-electron chi connectivity index (χ0n) is 8.88. The Bertz CT molecular complexity index is 456. The van der Waals surface area contributed by atoms with Gasteiger partial charge in [-0.05, 0) is 19.0 Å². The number of rotatable bonds is 5. The molecule has 0 aromatic heterocycles. The van der Waals surface area contributed by atoms with E-state index in [4.69, 9.17) is 5.73 Å². The third kappa shape index (κ3) is 3.04. The molecule has 16 heavy (non-hydrogen) atoms. The minimum Gasteiger partial charge on any atom is -0.368 e. The Kier molecular flexibility index (Phi) is 4.03. The van der Waals surface area contributed by atoms with Gasteiger partial charge in [-0.3, -0.25) is 4.79 Å². The van der Waals surface area contributed by atoms with Gasteiger partial charge in [0.25, 0.3) is 0 Å². The zero-order valence-corrected chi connectivity index (χ0v) is 9.70. The van der Waals surface area contributed by atoms with E-state index in [1.54, 1.807) is 24.3 Å². The number of sulfonamides is 1. The zero-order chi connectivity index (χ0) is 12.2. The average molecular weight is 242 g/mol. The van der Waals surface area contributed by atoms with E-state index < -0.39 is 21.2 Å². The first-order chi connectivity index (χ1) is 7.47. The molecule has 0 heterocycles. The molecule has 5 nitrogen and oxygen atoms in total. The number of hydrogen-bond acceptors (Lipinski definition) is 3. The lowest BCUT2D eigenvalue weighted by Crippen LogP contribution is -2.42. The summed E-state index contributed by atoms with van der Waals surface area (Å²) in [6, 6.07) is 8.87. The lowest BCUT2D eigenvalue weighted by molar-refractivity contribution is -0.117.